The fourth-order valence-corrected chi connectivity index (χ4v) is 2.60. The molecule has 0 spiro atoms. The van der Waals surface area contributed by atoms with Crippen LogP contribution in [0.2, 0.25) is 0 Å². The highest BCUT2D eigenvalue weighted by Crippen LogP contribution is 2.32. The molecular weight excluding hydrogens is 294 g/mol. The van der Waals surface area contributed by atoms with Crippen LogP contribution in [-0.4, -0.2) is 36.1 Å². The van der Waals surface area contributed by atoms with E-state index in [-0.39, 0.29) is 13.3 Å². The summed E-state index contributed by atoms with van der Waals surface area (Å²) in [5.41, 5.74) is 0.827. The zero-order valence-corrected chi connectivity index (χ0v) is 11.9. The van der Waals surface area contributed by atoms with Crippen LogP contribution >= 0.6 is 11.8 Å². The van der Waals surface area contributed by atoms with Crippen LogP contribution in [0.25, 0.3) is 0 Å². The third-order valence-electron chi connectivity index (χ3n) is 2.90. The Hall–Kier alpha value is -2.22. The van der Waals surface area contributed by atoms with Crippen molar-refractivity contribution < 1.29 is 19.1 Å². The lowest BCUT2D eigenvalue weighted by Crippen LogP contribution is -2.41. The van der Waals surface area contributed by atoms with Gasteiger partial charge in [-0.1, -0.05) is 17.8 Å². The molecule has 0 aromatic heterocycles. The van der Waals surface area contributed by atoms with Crippen LogP contribution in [0.1, 0.15) is 5.56 Å². The number of amides is 2. The summed E-state index contributed by atoms with van der Waals surface area (Å²) < 4.78 is 10.5. The topological polar surface area (TPSA) is 89.0 Å². The third-order valence-corrected chi connectivity index (χ3v) is 3.79. The number of fused-ring (bicyclic) bond motifs is 1. The van der Waals surface area contributed by atoms with E-state index in [2.05, 4.69) is 15.6 Å². The Morgan fingerprint density at radius 3 is 2.90 bits per heavy atom. The molecule has 110 valence electrons. The van der Waals surface area contributed by atoms with Gasteiger partial charge in [-0.25, -0.2) is 0 Å². The van der Waals surface area contributed by atoms with E-state index in [0.717, 1.165) is 11.3 Å². The van der Waals surface area contributed by atoms with Crippen LogP contribution in [-0.2, 0) is 16.1 Å². The molecule has 2 aliphatic heterocycles. The number of carbonyl (C=O) groups excluding carboxylic acids is 2. The van der Waals surface area contributed by atoms with Crippen LogP contribution in [0.5, 0.6) is 11.5 Å². The standard InChI is InChI=1S/C13H13N3O4S/c17-11(12(18)16-13-14-3-4-21-13)15-6-8-1-2-9-10(5-8)20-7-19-9/h1-2,5H,3-4,6-7H2,(H,15,17)(H,14,16,18). The molecule has 7 nitrogen and oxygen atoms in total. The Kier molecular flexibility index (Phi) is 3.96. The number of hydrogen-bond donors (Lipinski definition) is 2. The normalized spacial score (nSPS) is 15.5. The molecule has 2 N–H and O–H groups in total. The van der Waals surface area contributed by atoms with E-state index in [0.29, 0.717) is 23.2 Å². The number of nitrogens with one attached hydrogen (secondary N) is 2. The second kappa shape index (κ2) is 6.04. The van der Waals surface area contributed by atoms with E-state index in [1.807, 2.05) is 6.07 Å². The number of benzene rings is 1. The number of rotatable bonds is 2. The lowest BCUT2D eigenvalue weighted by atomic mass is 10.2. The van der Waals surface area contributed by atoms with Gasteiger partial charge in [-0.15, -0.1) is 0 Å². The van der Waals surface area contributed by atoms with Crippen LogP contribution in [0, 0.1) is 0 Å². The zero-order valence-electron chi connectivity index (χ0n) is 11.0. The number of amidine groups is 1. The molecule has 0 saturated carbocycles. The van der Waals surface area contributed by atoms with Crippen LogP contribution in [0.3, 0.4) is 0 Å². The number of thioether (sulfide) groups is 1. The van der Waals surface area contributed by atoms with Crippen molar-refractivity contribution in [2.45, 2.75) is 6.54 Å². The quantitative estimate of drug-likeness (QED) is 0.765. The van der Waals surface area contributed by atoms with Gasteiger partial charge < -0.3 is 14.8 Å². The van der Waals surface area contributed by atoms with Gasteiger partial charge in [-0.2, -0.15) is 0 Å². The van der Waals surface area contributed by atoms with Gasteiger partial charge in [0.05, 0.1) is 6.54 Å². The number of hydrogen-bond acceptors (Lipinski definition) is 6. The number of carbonyl (C=O) groups is 2. The van der Waals surface area contributed by atoms with E-state index in [9.17, 15) is 9.59 Å². The summed E-state index contributed by atoms with van der Waals surface area (Å²) in [6.07, 6.45) is 0. The lowest BCUT2D eigenvalue weighted by Gasteiger charge is -2.06. The monoisotopic (exact) mass is 307 g/mol. The second-order valence-electron chi connectivity index (χ2n) is 4.36. The molecule has 2 aliphatic rings. The highest BCUT2D eigenvalue weighted by atomic mass is 32.2. The average Bonchev–Trinajstić information content (AvgIpc) is 3.14. The molecule has 0 radical (unpaired) electrons. The summed E-state index contributed by atoms with van der Waals surface area (Å²) >= 11 is 1.42. The van der Waals surface area contributed by atoms with Crippen LogP contribution < -0.4 is 20.1 Å². The van der Waals surface area contributed by atoms with Crippen molar-refractivity contribution >= 4 is 28.7 Å². The third kappa shape index (κ3) is 3.27. The Balaban J connectivity index is 1.52. The van der Waals surface area contributed by atoms with Crippen molar-refractivity contribution in [2.24, 2.45) is 4.99 Å². The van der Waals surface area contributed by atoms with E-state index >= 15 is 0 Å². The van der Waals surface area contributed by atoms with Gasteiger partial charge in [0, 0.05) is 12.3 Å². The van der Waals surface area contributed by atoms with Gasteiger partial charge in [0.2, 0.25) is 6.79 Å². The zero-order chi connectivity index (χ0) is 14.7. The van der Waals surface area contributed by atoms with E-state index in [4.69, 9.17) is 9.47 Å². The Morgan fingerprint density at radius 2 is 2.10 bits per heavy atom. The van der Waals surface area contributed by atoms with Crippen molar-refractivity contribution in [2.75, 3.05) is 19.1 Å². The molecule has 0 fully saturated rings. The fraction of sp³-hybridized carbons (Fsp3) is 0.308. The molecule has 3 rings (SSSR count). The maximum Gasteiger partial charge on any atom is 0.315 e. The number of ether oxygens (including phenoxy) is 2. The minimum absolute atomic E-state index is 0.202. The first-order chi connectivity index (χ1) is 10.2. The SMILES string of the molecule is O=C(NCc1ccc2c(c1)OCO2)C(=O)NC1=NCCS1. The summed E-state index contributed by atoms with van der Waals surface area (Å²) in [5, 5.41) is 5.52. The molecule has 21 heavy (non-hydrogen) atoms. The number of nitrogens with zero attached hydrogens (tertiary/aromatic N) is 1. The Labute approximate surface area is 125 Å². The lowest BCUT2D eigenvalue weighted by molar-refractivity contribution is -0.138. The first kappa shape index (κ1) is 13.7. The van der Waals surface area contributed by atoms with Gasteiger partial charge in [-0.3, -0.25) is 19.9 Å². The second-order valence-corrected chi connectivity index (χ2v) is 5.44. The average molecular weight is 307 g/mol. The summed E-state index contributed by atoms with van der Waals surface area (Å²) in [4.78, 5) is 27.4. The van der Waals surface area contributed by atoms with Crippen molar-refractivity contribution in [3.8, 4) is 11.5 Å². The molecule has 0 aliphatic carbocycles. The molecule has 1 aromatic carbocycles. The maximum absolute atomic E-state index is 11.7. The van der Waals surface area contributed by atoms with Gasteiger partial charge in [0.1, 0.15) is 0 Å². The minimum atomic E-state index is -0.705. The fourth-order valence-electron chi connectivity index (χ4n) is 1.88. The molecular formula is C13H13N3O4S. The molecule has 1 aromatic rings. The number of aliphatic imine (C=N–C) groups is 1. The summed E-state index contributed by atoms with van der Waals surface area (Å²) in [6, 6.07) is 5.35. The van der Waals surface area contributed by atoms with E-state index < -0.39 is 11.8 Å². The molecule has 0 saturated heterocycles. The highest BCUT2D eigenvalue weighted by molar-refractivity contribution is 8.14. The van der Waals surface area contributed by atoms with Crippen molar-refractivity contribution in [3.63, 3.8) is 0 Å². The van der Waals surface area contributed by atoms with E-state index in [1.54, 1.807) is 12.1 Å². The maximum atomic E-state index is 11.7. The van der Waals surface area contributed by atoms with Gasteiger partial charge >= 0.3 is 11.8 Å². The largest absolute Gasteiger partial charge is 0.454 e. The van der Waals surface area contributed by atoms with Gasteiger partial charge in [-0.05, 0) is 17.7 Å². The van der Waals surface area contributed by atoms with Crippen LogP contribution in [0.4, 0.5) is 0 Å². The van der Waals surface area contributed by atoms with Crippen molar-refractivity contribution in [1.82, 2.24) is 10.6 Å². The van der Waals surface area contributed by atoms with Crippen LogP contribution in [0.15, 0.2) is 23.2 Å². The first-order valence-electron chi connectivity index (χ1n) is 6.37. The van der Waals surface area contributed by atoms with E-state index in [1.165, 1.54) is 11.8 Å². The molecule has 2 amide bonds. The molecule has 0 atom stereocenters. The Bertz CT molecular complexity index is 617. The highest BCUT2D eigenvalue weighted by Gasteiger charge is 2.18. The van der Waals surface area contributed by atoms with Crippen molar-refractivity contribution in [3.05, 3.63) is 23.8 Å². The molecule has 0 unspecified atom stereocenters. The van der Waals surface area contributed by atoms with Gasteiger partial charge in [0.15, 0.2) is 16.7 Å². The minimum Gasteiger partial charge on any atom is -0.454 e. The Morgan fingerprint density at radius 1 is 1.24 bits per heavy atom. The van der Waals surface area contributed by atoms with Crippen molar-refractivity contribution in [1.29, 1.82) is 0 Å². The molecule has 2 heterocycles. The smallest absolute Gasteiger partial charge is 0.315 e. The molecule has 8 heteroatoms. The molecule has 0 bridgehead atoms. The summed E-state index contributed by atoms with van der Waals surface area (Å²) in [7, 11) is 0. The predicted octanol–water partition coefficient (Wildman–Crippen LogP) is 0.251. The summed E-state index contributed by atoms with van der Waals surface area (Å²) in [6.45, 7) is 1.11. The summed E-state index contributed by atoms with van der Waals surface area (Å²) in [5.74, 6) is 0.753. The first-order valence-corrected chi connectivity index (χ1v) is 7.36. The van der Waals surface area contributed by atoms with Gasteiger partial charge in [0.25, 0.3) is 0 Å². The predicted molar refractivity (Wildman–Crippen MR) is 77.3 cm³/mol.